The third-order valence-electron chi connectivity index (χ3n) is 10.3. The lowest BCUT2D eigenvalue weighted by Gasteiger charge is -2.12. The molecule has 2 aliphatic heterocycles. The van der Waals surface area contributed by atoms with Crippen LogP contribution in [0.25, 0.3) is 44.7 Å². The van der Waals surface area contributed by atoms with Gasteiger partial charge in [-0.15, -0.1) is 0 Å². The third kappa shape index (κ3) is 8.90. The van der Waals surface area contributed by atoms with Crippen molar-refractivity contribution >= 4 is 33.7 Å². The highest BCUT2D eigenvalue weighted by Crippen LogP contribution is 2.24. The number of carboxylic acids is 1. The summed E-state index contributed by atoms with van der Waals surface area (Å²) in [7, 11) is 0. The lowest BCUT2D eigenvalue weighted by Crippen LogP contribution is -2.27. The Bertz CT molecular complexity index is 2560. The van der Waals surface area contributed by atoms with E-state index in [1.807, 2.05) is 53.4 Å². The van der Waals surface area contributed by atoms with E-state index in [2.05, 4.69) is 97.5 Å². The van der Waals surface area contributed by atoms with Crippen molar-refractivity contribution in [1.29, 1.82) is 0 Å². The van der Waals surface area contributed by atoms with E-state index in [0.29, 0.717) is 17.5 Å². The summed E-state index contributed by atoms with van der Waals surface area (Å²) in [5, 5.41) is 14.6. The van der Waals surface area contributed by atoms with Crippen LogP contribution in [-0.2, 0) is 13.1 Å². The van der Waals surface area contributed by atoms with E-state index in [1.54, 1.807) is 0 Å². The molecule has 2 aliphatic rings. The molecule has 2 N–H and O–H groups in total. The van der Waals surface area contributed by atoms with E-state index in [9.17, 15) is 9.59 Å². The van der Waals surface area contributed by atoms with Gasteiger partial charge in [-0.3, -0.25) is 4.79 Å². The summed E-state index contributed by atoms with van der Waals surface area (Å²) >= 11 is 0. The van der Waals surface area contributed by atoms with Gasteiger partial charge in [0.05, 0.1) is 0 Å². The average Bonchev–Trinajstić information content (AvgIpc) is 4.11. The van der Waals surface area contributed by atoms with Crippen molar-refractivity contribution < 1.29 is 23.5 Å². The molecule has 0 radical (unpaired) electrons. The van der Waals surface area contributed by atoms with E-state index in [1.165, 1.54) is 59.6 Å². The van der Waals surface area contributed by atoms with Crippen molar-refractivity contribution in [2.24, 2.45) is 0 Å². The second-order valence-electron chi connectivity index (χ2n) is 14.2. The van der Waals surface area contributed by atoms with Crippen LogP contribution >= 0.6 is 0 Å². The lowest BCUT2D eigenvalue weighted by molar-refractivity contribution is 0.0689. The topological polar surface area (TPSA) is 132 Å². The summed E-state index contributed by atoms with van der Waals surface area (Å²) in [4.78, 5) is 33.5. The van der Waals surface area contributed by atoms with Crippen molar-refractivity contribution in [3.63, 3.8) is 0 Å². The first kappa shape index (κ1) is 37.2. The number of carbonyl (C=O) groups is 2. The molecule has 0 aliphatic carbocycles. The molecule has 57 heavy (non-hydrogen) atoms. The number of carbonyl (C=O) groups excluding carboxylic acids is 1. The highest BCUT2D eigenvalue weighted by atomic mass is 16.4. The van der Waals surface area contributed by atoms with Crippen LogP contribution in [0, 0.1) is 0 Å². The molecule has 288 valence electrons. The number of carboxylic acid groups (broad SMARTS) is 1. The van der Waals surface area contributed by atoms with Crippen molar-refractivity contribution in [1.82, 2.24) is 29.3 Å². The average molecular weight is 761 g/mol. The molecule has 0 spiro atoms. The zero-order valence-corrected chi connectivity index (χ0v) is 31.6. The Kier molecular flexibility index (Phi) is 11.4. The van der Waals surface area contributed by atoms with Crippen LogP contribution in [0.15, 0.2) is 143 Å². The van der Waals surface area contributed by atoms with E-state index in [4.69, 9.17) is 13.9 Å². The van der Waals surface area contributed by atoms with Crippen molar-refractivity contribution in [2.75, 3.05) is 26.2 Å². The number of likely N-dealkylation sites (tertiary alicyclic amines) is 1. The van der Waals surface area contributed by atoms with Crippen LogP contribution in [-0.4, -0.2) is 67.2 Å². The Hall–Kier alpha value is -6.72. The van der Waals surface area contributed by atoms with Crippen molar-refractivity contribution in [3.8, 4) is 22.9 Å². The predicted molar refractivity (Wildman–Crippen MR) is 220 cm³/mol. The molecule has 0 unspecified atom stereocenters. The van der Waals surface area contributed by atoms with E-state index in [-0.39, 0.29) is 11.6 Å². The van der Waals surface area contributed by atoms with Crippen molar-refractivity contribution in [2.45, 2.75) is 38.8 Å². The molecule has 0 saturated carbocycles. The predicted octanol–water partition coefficient (Wildman–Crippen LogP) is 8.99. The van der Waals surface area contributed by atoms with Gasteiger partial charge in [0, 0.05) is 60.7 Å². The molecule has 2 fully saturated rings. The number of para-hydroxylation sites is 2. The van der Waals surface area contributed by atoms with Crippen molar-refractivity contribution in [3.05, 3.63) is 157 Å². The SMILES string of the molecule is C1CCNC1.O=C(O)c1coc(-c2ccc(Cn3ccc4ccccc43)cc2)n1.O=C(c1coc(-c2ccc(Cn3ccc4ccccc43)cc2)n1)N1CCCC1. The fraction of sp³-hybridized carbons (Fsp3) is 0.217. The molecule has 6 heterocycles. The second kappa shape index (κ2) is 17.4. The van der Waals surface area contributed by atoms with Gasteiger partial charge in [0.1, 0.15) is 12.5 Å². The number of benzene rings is 4. The summed E-state index contributed by atoms with van der Waals surface area (Å²) in [5.41, 5.74) is 6.69. The van der Waals surface area contributed by atoms with Gasteiger partial charge in [-0.25, -0.2) is 14.8 Å². The van der Waals surface area contributed by atoms with Crippen LogP contribution in [0.4, 0.5) is 0 Å². The molecule has 11 heteroatoms. The normalized spacial score (nSPS) is 13.6. The number of oxazole rings is 2. The maximum atomic E-state index is 12.4. The molecule has 4 aromatic carbocycles. The van der Waals surface area contributed by atoms with E-state index in [0.717, 1.165) is 62.0 Å². The highest BCUT2D eigenvalue weighted by molar-refractivity contribution is 5.92. The maximum Gasteiger partial charge on any atom is 0.357 e. The Morgan fingerprint density at radius 2 is 1.07 bits per heavy atom. The molecule has 11 nitrogen and oxygen atoms in total. The minimum Gasteiger partial charge on any atom is -0.476 e. The largest absolute Gasteiger partial charge is 0.476 e. The molecular weight excluding hydrogens is 717 g/mol. The third-order valence-corrected chi connectivity index (χ3v) is 10.3. The smallest absolute Gasteiger partial charge is 0.357 e. The van der Waals surface area contributed by atoms with Gasteiger partial charge in [0.15, 0.2) is 11.4 Å². The molecule has 10 rings (SSSR count). The van der Waals surface area contributed by atoms with Gasteiger partial charge in [0.2, 0.25) is 11.8 Å². The van der Waals surface area contributed by atoms with Gasteiger partial charge in [-0.05, 0) is 109 Å². The van der Waals surface area contributed by atoms with Gasteiger partial charge in [-0.2, -0.15) is 0 Å². The minimum absolute atomic E-state index is 0.0383. The van der Waals surface area contributed by atoms with Crippen LogP contribution in [0.5, 0.6) is 0 Å². The Labute approximate surface area is 330 Å². The van der Waals surface area contributed by atoms with Gasteiger partial charge < -0.3 is 33.3 Å². The quantitative estimate of drug-likeness (QED) is 0.157. The Balaban J connectivity index is 0.000000143. The zero-order valence-electron chi connectivity index (χ0n) is 31.6. The Morgan fingerprint density at radius 1 is 0.596 bits per heavy atom. The van der Waals surface area contributed by atoms with Crippen LogP contribution < -0.4 is 5.32 Å². The number of amides is 1. The zero-order chi connectivity index (χ0) is 39.0. The maximum absolute atomic E-state index is 12.4. The number of aromatic nitrogens is 4. The second-order valence-corrected chi connectivity index (χ2v) is 14.2. The molecule has 4 aromatic heterocycles. The number of hydrogen-bond donors (Lipinski definition) is 2. The van der Waals surface area contributed by atoms with E-state index < -0.39 is 5.97 Å². The summed E-state index contributed by atoms with van der Waals surface area (Å²) < 4.78 is 15.2. The molecular formula is C46H44N6O5. The Morgan fingerprint density at radius 3 is 1.53 bits per heavy atom. The standard InChI is InChI=1S/C23H21N3O2.C19H14N2O3.C4H9N/c27-23(25-12-3-4-13-25)20-16-28-22(24-20)19-9-7-17(8-10-19)15-26-14-11-18-5-1-2-6-21(18)26;22-19(23)16-12-24-18(20-16)15-7-5-13(6-8-15)11-21-10-9-14-3-1-2-4-17(14)21;1-2-4-5-3-1/h1-2,5-11,14,16H,3-4,12-13,15H2;1-10,12H,11H2,(H,22,23);5H,1-4H2. The first-order chi connectivity index (χ1) is 28.0. The minimum atomic E-state index is -1.10. The summed E-state index contributed by atoms with van der Waals surface area (Å²) in [6, 6.07) is 36.8. The van der Waals surface area contributed by atoms with Crippen LogP contribution in [0.2, 0.25) is 0 Å². The van der Waals surface area contributed by atoms with Gasteiger partial charge in [0.25, 0.3) is 5.91 Å². The molecule has 1 amide bonds. The fourth-order valence-electron chi connectivity index (χ4n) is 7.17. The first-order valence-electron chi connectivity index (χ1n) is 19.4. The van der Waals surface area contributed by atoms with Gasteiger partial charge in [-0.1, -0.05) is 60.7 Å². The first-order valence-corrected chi connectivity index (χ1v) is 19.4. The molecule has 2 saturated heterocycles. The van der Waals surface area contributed by atoms with Crippen LogP contribution in [0.3, 0.4) is 0 Å². The fourth-order valence-corrected chi connectivity index (χ4v) is 7.17. The highest BCUT2D eigenvalue weighted by Gasteiger charge is 2.23. The number of hydrogen-bond acceptors (Lipinski definition) is 7. The number of fused-ring (bicyclic) bond motifs is 2. The lowest BCUT2D eigenvalue weighted by atomic mass is 10.1. The number of rotatable bonds is 8. The number of aromatic carboxylic acids is 1. The summed E-state index contributed by atoms with van der Waals surface area (Å²) in [5.74, 6) is -0.337. The number of nitrogens with zero attached hydrogens (tertiary/aromatic N) is 5. The van der Waals surface area contributed by atoms with Crippen LogP contribution in [0.1, 0.15) is 57.8 Å². The monoisotopic (exact) mass is 760 g/mol. The molecule has 8 aromatic rings. The summed E-state index contributed by atoms with van der Waals surface area (Å²) in [6.45, 7) is 5.69. The van der Waals surface area contributed by atoms with E-state index >= 15 is 0 Å². The van der Waals surface area contributed by atoms with Gasteiger partial charge >= 0.3 is 5.97 Å². The number of nitrogens with one attached hydrogen (secondary N) is 1. The summed E-state index contributed by atoms with van der Waals surface area (Å²) in [6.07, 6.45) is 11.7. The molecule has 0 atom stereocenters. The molecule has 0 bridgehead atoms.